The maximum atomic E-state index is 11.9. The quantitative estimate of drug-likeness (QED) is 0.750. The van der Waals surface area contributed by atoms with Gasteiger partial charge in [-0.05, 0) is 59.9 Å². The Balaban J connectivity index is 1.74. The molecule has 0 saturated heterocycles. The molecule has 0 bridgehead atoms. The van der Waals surface area contributed by atoms with Gasteiger partial charge >= 0.3 is 0 Å². The third kappa shape index (κ3) is 4.37. The lowest BCUT2D eigenvalue weighted by atomic mass is 10.2. The highest BCUT2D eigenvalue weighted by atomic mass is 79.9. The molecule has 0 heterocycles. The maximum absolute atomic E-state index is 11.9. The fourth-order valence-electron chi connectivity index (χ4n) is 1.65. The number of carbonyl (C=O) groups excluding carboxylic acids is 1. The van der Waals surface area contributed by atoms with Gasteiger partial charge in [0.05, 0.1) is 5.56 Å². The smallest absolute Gasteiger partial charge is 0.252 e. The minimum absolute atomic E-state index is 0.0328. The molecule has 1 aliphatic rings. The average Bonchev–Trinajstić information content (AvgIpc) is 3.15. The highest BCUT2D eigenvalue weighted by molar-refractivity contribution is 9.11. The molecule has 1 aromatic carbocycles. The van der Waals surface area contributed by atoms with Gasteiger partial charge in [0, 0.05) is 21.5 Å². The van der Waals surface area contributed by atoms with Gasteiger partial charge in [-0.1, -0.05) is 15.9 Å². The summed E-state index contributed by atoms with van der Waals surface area (Å²) in [5.74, 6) is -0.0328. The van der Waals surface area contributed by atoms with Crippen molar-refractivity contribution in [2.24, 2.45) is 0 Å². The molecule has 1 amide bonds. The molecule has 0 spiro atoms. The Bertz CT molecular complexity index is 433. The number of benzene rings is 1. The maximum Gasteiger partial charge on any atom is 0.252 e. The normalized spacial score (nSPS) is 14.6. The summed E-state index contributed by atoms with van der Waals surface area (Å²) in [7, 11) is 0. The second kappa shape index (κ2) is 6.68. The van der Waals surface area contributed by atoms with Crippen LogP contribution in [0.2, 0.25) is 0 Å². The molecule has 1 aromatic rings. The molecule has 1 fully saturated rings. The van der Waals surface area contributed by atoms with Gasteiger partial charge in [-0.3, -0.25) is 4.79 Å². The number of halogens is 2. The fraction of sp³-hybridized carbons (Fsp3) is 0.462. The van der Waals surface area contributed by atoms with E-state index in [0.29, 0.717) is 12.1 Å². The van der Waals surface area contributed by atoms with Crippen LogP contribution in [0.25, 0.3) is 0 Å². The largest absolute Gasteiger partial charge is 0.352 e. The van der Waals surface area contributed by atoms with Crippen molar-refractivity contribution >= 4 is 37.8 Å². The lowest BCUT2D eigenvalue weighted by Gasteiger charge is -2.07. The Hall–Kier alpha value is -0.390. The van der Waals surface area contributed by atoms with Crippen molar-refractivity contribution in [1.82, 2.24) is 10.6 Å². The minimum Gasteiger partial charge on any atom is -0.352 e. The van der Waals surface area contributed by atoms with Crippen molar-refractivity contribution < 1.29 is 4.79 Å². The minimum atomic E-state index is -0.0328. The van der Waals surface area contributed by atoms with E-state index in [1.165, 1.54) is 12.8 Å². The summed E-state index contributed by atoms with van der Waals surface area (Å²) in [6, 6.07) is 6.33. The summed E-state index contributed by atoms with van der Waals surface area (Å²) in [6.07, 6.45) is 3.57. The molecule has 5 heteroatoms. The Kier molecular flexibility index (Phi) is 5.21. The predicted octanol–water partition coefficient (Wildman–Crippen LogP) is 3.08. The zero-order valence-electron chi connectivity index (χ0n) is 10.0. The lowest BCUT2D eigenvalue weighted by Crippen LogP contribution is -2.28. The van der Waals surface area contributed by atoms with E-state index >= 15 is 0 Å². The molecule has 98 valence electrons. The summed E-state index contributed by atoms with van der Waals surface area (Å²) in [4.78, 5) is 11.9. The van der Waals surface area contributed by atoms with Crippen molar-refractivity contribution in [3.05, 3.63) is 32.7 Å². The molecule has 0 aromatic heterocycles. The molecule has 2 rings (SSSR count). The van der Waals surface area contributed by atoms with Gasteiger partial charge in [0.2, 0.25) is 0 Å². The molecule has 0 atom stereocenters. The third-order valence-corrected chi connectivity index (χ3v) is 4.01. The van der Waals surface area contributed by atoms with E-state index < -0.39 is 0 Å². The number of amides is 1. The average molecular weight is 376 g/mol. The zero-order chi connectivity index (χ0) is 13.0. The zero-order valence-corrected chi connectivity index (χ0v) is 13.2. The first kappa shape index (κ1) is 14.0. The van der Waals surface area contributed by atoms with Gasteiger partial charge in [0.25, 0.3) is 5.91 Å². The van der Waals surface area contributed by atoms with Gasteiger partial charge in [0.15, 0.2) is 0 Å². The van der Waals surface area contributed by atoms with Crippen molar-refractivity contribution in [2.45, 2.75) is 25.3 Å². The van der Waals surface area contributed by atoms with Crippen LogP contribution in [0.5, 0.6) is 0 Å². The van der Waals surface area contributed by atoms with Gasteiger partial charge in [0.1, 0.15) is 0 Å². The van der Waals surface area contributed by atoms with Crippen molar-refractivity contribution in [1.29, 1.82) is 0 Å². The van der Waals surface area contributed by atoms with Crippen molar-refractivity contribution in [2.75, 3.05) is 13.1 Å². The highest BCUT2D eigenvalue weighted by Gasteiger charge is 2.19. The Morgan fingerprint density at radius 3 is 2.78 bits per heavy atom. The van der Waals surface area contributed by atoms with E-state index in [4.69, 9.17) is 0 Å². The van der Waals surface area contributed by atoms with Crippen LogP contribution < -0.4 is 10.6 Å². The third-order valence-electron chi connectivity index (χ3n) is 2.82. The van der Waals surface area contributed by atoms with E-state index in [1.807, 2.05) is 18.2 Å². The van der Waals surface area contributed by atoms with E-state index in [9.17, 15) is 4.79 Å². The Morgan fingerprint density at radius 2 is 2.06 bits per heavy atom. The fourth-order valence-corrected chi connectivity index (χ4v) is 2.44. The van der Waals surface area contributed by atoms with Gasteiger partial charge in [-0.2, -0.15) is 0 Å². The molecular formula is C13H16Br2N2O. The number of carbonyl (C=O) groups is 1. The molecule has 0 aliphatic heterocycles. The lowest BCUT2D eigenvalue weighted by molar-refractivity contribution is 0.0952. The van der Waals surface area contributed by atoms with Crippen molar-refractivity contribution in [3.63, 3.8) is 0 Å². The first-order valence-corrected chi connectivity index (χ1v) is 7.72. The van der Waals surface area contributed by atoms with E-state index in [0.717, 1.165) is 28.0 Å². The van der Waals surface area contributed by atoms with Crippen LogP contribution in [-0.2, 0) is 0 Å². The SMILES string of the molecule is O=C(NCCCNC1CC1)c1cc(Br)ccc1Br. The van der Waals surface area contributed by atoms with Crippen LogP contribution in [0.1, 0.15) is 29.6 Å². The van der Waals surface area contributed by atoms with Crippen LogP contribution in [0.15, 0.2) is 27.1 Å². The Labute approximate surface area is 124 Å². The summed E-state index contributed by atoms with van der Waals surface area (Å²) in [5.41, 5.74) is 0.666. The molecule has 1 aliphatic carbocycles. The topological polar surface area (TPSA) is 41.1 Å². The van der Waals surface area contributed by atoms with E-state index in [-0.39, 0.29) is 5.91 Å². The summed E-state index contributed by atoms with van der Waals surface area (Å²) < 4.78 is 1.73. The van der Waals surface area contributed by atoms with Gasteiger partial charge in [-0.25, -0.2) is 0 Å². The molecule has 3 nitrogen and oxygen atoms in total. The summed E-state index contributed by atoms with van der Waals surface area (Å²) in [6.45, 7) is 1.68. The Morgan fingerprint density at radius 1 is 1.28 bits per heavy atom. The number of hydrogen-bond acceptors (Lipinski definition) is 2. The molecule has 2 N–H and O–H groups in total. The van der Waals surface area contributed by atoms with Crippen LogP contribution in [0.4, 0.5) is 0 Å². The molecule has 0 unspecified atom stereocenters. The number of rotatable bonds is 6. The standard InChI is InChI=1S/C13H16Br2N2O/c14-9-2-5-12(15)11(8-9)13(18)17-7-1-6-16-10-3-4-10/h2,5,8,10,16H,1,3-4,6-7H2,(H,17,18). The van der Waals surface area contributed by atoms with Crippen LogP contribution in [-0.4, -0.2) is 25.0 Å². The van der Waals surface area contributed by atoms with Gasteiger partial charge in [-0.15, -0.1) is 0 Å². The molecule has 0 radical (unpaired) electrons. The first-order valence-electron chi connectivity index (χ1n) is 6.13. The van der Waals surface area contributed by atoms with Crippen LogP contribution in [0, 0.1) is 0 Å². The van der Waals surface area contributed by atoms with Gasteiger partial charge < -0.3 is 10.6 Å². The predicted molar refractivity (Wildman–Crippen MR) is 79.8 cm³/mol. The van der Waals surface area contributed by atoms with Crippen molar-refractivity contribution in [3.8, 4) is 0 Å². The number of nitrogens with one attached hydrogen (secondary N) is 2. The van der Waals surface area contributed by atoms with E-state index in [2.05, 4.69) is 42.5 Å². The second-order valence-electron chi connectivity index (χ2n) is 4.46. The van der Waals surface area contributed by atoms with Crippen LogP contribution >= 0.6 is 31.9 Å². The molecule has 18 heavy (non-hydrogen) atoms. The second-order valence-corrected chi connectivity index (χ2v) is 6.23. The van der Waals surface area contributed by atoms with E-state index in [1.54, 1.807) is 0 Å². The first-order chi connectivity index (χ1) is 8.66. The van der Waals surface area contributed by atoms with Crippen LogP contribution in [0.3, 0.4) is 0 Å². The number of hydrogen-bond donors (Lipinski definition) is 2. The molecule has 1 saturated carbocycles. The summed E-state index contributed by atoms with van der Waals surface area (Å²) >= 11 is 6.76. The summed E-state index contributed by atoms with van der Waals surface area (Å²) in [5, 5.41) is 6.35. The molecular weight excluding hydrogens is 360 g/mol. The highest BCUT2D eigenvalue weighted by Crippen LogP contribution is 2.21. The monoisotopic (exact) mass is 374 g/mol.